The van der Waals surface area contributed by atoms with E-state index in [4.69, 9.17) is 10.4 Å². The summed E-state index contributed by atoms with van der Waals surface area (Å²) in [6, 6.07) is 6.09. The molecule has 5 heteroatoms. The lowest BCUT2D eigenvalue weighted by Crippen LogP contribution is -2.30. The van der Waals surface area contributed by atoms with Gasteiger partial charge >= 0.3 is 0 Å². The lowest BCUT2D eigenvalue weighted by Gasteiger charge is -2.21. The monoisotopic (exact) mass is 264 g/mol. The molecule has 0 unspecified atom stereocenters. The first-order valence-electron chi connectivity index (χ1n) is 6.19. The summed E-state index contributed by atoms with van der Waals surface area (Å²) >= 11 is 0. The van der Waals surface area contributed by atoms with Gasteiger partial charge in [0, 0.05) is 31.7 Å². The molecule has 4 nitrogen and oxygen atoms in total. The van der Waals surface area contributed by atoms with Gasteiger partial charge in [-0.2, -0.15) is 5.26 Å². The molecule has 0 aliphatic heterocycles. The molecule has 1 amide bonds. The van der Waals surface area contributed by atoms with E-state index in [-0.39, 0.29) is 31.0 Å². The highest BCUT2D eigenvalue weighted by atomic mass is 19.1. The van der Waals surface area contributed by atoms with E-state index < -0.39 is 5.82 Å². The second-order valence-electron chi connectivity index (χ2n) is 4.15. The van der Waals surface area contributed by atoms with Gasteiger partial charge < -0.3 is 10.0 Å². The van der Waals surface area contributed by atoms with Gasteiger partial charge in [0.05, 0.1) is 11.6 Å². The number of nitrogens with zero attached hydrogens (tertiary/aromatic N) is 2. The highest BCUT2D eigenvalue weighted by molar-refractivity contribution is 5.76. The Morgan fingerprint density at radius 3 is 2.79 bits per heavy atom. The third kappa shape index (κ3) is 4.34. The standard InChI is InChI=1S/C14H17FN2O2/c1-2-17(14(19)4-3-7-18)10-12-6-5-11(9-16)8-13(12)15/h5-6,8,18H,2-4,7,10H2,1H3. The van der Waals surface area contributed by atoms with Gasteiger partial charge in [-0.05, 0) is 25.5 Å². The van der Waals surface area contributed by atoms with Crippen molar-refractivity contribution >= 4 is 5.91 Å². The molecule has 0 bridgehead atoms. The fraction of sp³-hybridized carbons (Fsp3) is 0.429. The van der Waals surface area contributed by atoms with E-state index in [1.54, 1.807) is 0 Å². The quantitative estimate of drug-likeness (QED) is 0.852. The molecule has 1 aromatic carbocycles. The highest BCUT2D eigenvalue weighted by Crippen LogP contribution is 2.13. The van der Waals surface area contributed by atoms with Crippen LogP contribution in [0.15, 0.2) is 18.2 Å². The molecule has 1 rings (SSSR count). The molecule has 1 N–H and O–H groups in total. The van der Waals surface area contributed by atoms with Gasteiger partial charge in [-0.25, -0.2) is 4.39 Å². The van der Waals surface area contributed by atoms with E-state index in [9.17, 15) is 9.18 Å². The molecule has 0 atom stereocenters. The third-order valence-corrected chi connectivity index (χ3v) is 2.83. The molecule has 0 radical (unpaired) electrons. The summed E-state index contributed by atoms with van der Waals surface area (Å²) in [6.45, 7) is 2.44. The van der Waals surface area contributed by atoms with Crippen molar-refractivity contribution < 1.29 is 14.3 Å². The average Bonchev–Trinajstić information content (AvgIpc) is 2.43. The molecule has 0 heterocycles. The van der Waals surface area contributed by atoms with Gasteiger partial charge in [0.15, 0.2) is 0 Å². The zero-order valence-corrected chi connectivity index (χ0v) is 10.9. The Morgan fingerprint density at radius 2 is 2.26 bits per heavy atom. The van der Waals surface area contributed by atoms with E-state index in [0.717, 1.165) is 0 Å². The van der Waals surface area contributed by atoms with Crippen molar-refractivity contribution in [2.75, 3.05) is 13.2 Å². The van der Waals surface area contributed by atoms with Crippen molar-refractivity contribution in [1.29, 1.82) is 5.26 Å². The molecule has 0 aliphatic rings. The van der Waals surface area contributed by atoms with Crippen LogP contribution in [-0.2, 0) is 11.3 Å². The number of hydrogen-bond donors (Lipinski definition) is 1. The van der Waals surface area contributed by atoms with Gasteiger partial charge in [-0.3, -0.25) is 4.79 Å². The fourth-order valence-corrected chi connectivity index (χ4v) is 1.72. The number of rotatable bonds is 6. The maximum absolute atomic E-state index is 13.7. The first kappa shape index (κ1) is 15.1. The van der Waals surface area contributed by atoms with Crippen molar-refractivity contribution in [2.24, 2.45) is 0 Å². The maximum atomic E-state index is 13.7. The first-order chi connectivity index (χ1) is 9.12. The normalized spacial score (nSPS) is 10.0. The fourth-order valence-electron chi connectivity index (χ4n) is 1.72. The van der Waals surface area contributed by atoms with Crippen LogP contribution in [0.5, 0.6) is 0 Å². The number of halogens is 1. The second-order valence-corrected chi connectivity index (χ2v) is 4.15. The predicted octanol–water partition coefficient (Wildman–Crippen LogP) is 1.82. The van der Waals surface area contributed by atoms with E-state index in [1.807, 2.05) is 13.0 Å². The van der Waals surface area contributed by atoms with Crippen LogP contribution < -0.4 is 0 Å². The molecule has 1 aromatic rings. The van der Waals surface area contributed by atoms with Crippen LogP contribution in [0.25, 0.3) is 0 Å². The van der Waals surface area contributed by atoms with Crippen LogP contribution in [0.4, 0.5) is 4.39 Å². The summed E-state index contributed by atoms with van der Waals surface area (Å²) in [7, 11) is 0. The van der Waals surface area contributed by atoms with E-state index in [0.29, 0.717) is 18.5 Å². The minimum Gasteiger partial charge on any atom is -0.396 e. The Labute approximate surface area is 112 Å². The molecular weight excluding hydrogens is 247 g/mol. The summed E-state index contributed by atoms with van der Waals surface area (Å²) < 4.78 is 13.7. The molecular formula is C14H17FN2O2. The smallest absolute Gasteiger partial charge is 0.222 e. The van der Waals surface area contributed by atoms with Crippen molar-refractivity contribution in [3.63, 3.8) is 0 Å². The molecule has 0 aromatic heterocycles. The van der Waals surface area contributed by atoms with E-state index in [1.165, 1.54) is 23.1 Å². The summed E-state index contributed by atoms with van der Waals surface area (Å²) in [6.07, 6.45) is 0.660. The van der Waals surface area contributed by atoms with Crippen LogP contribution in [0.3, 0.4) is 0 Å². The number of aliphatic hydroxyl groups excluding tert-OH is 1. The van der Waals surface area contributed by atoms with Crippen LogP contribution in [-0.4, -0.2) is 29.1 Å². The number of carbonyl (C=O) groups excluding carboxylic acids is 1. The summed E-state index contributed by atoms with van der Waals surface area (Å²) in [5.74, 6) is -0.590. The van der Waals surface area contributed by atoms with Crippen LogP contribution in [0.2, 0.25) is 0 Å². The predicted molar refractivity (Wildman–Crippen MR) is 68.5 cm³/mol. The summed E-state index contributed by atoms with van der Waals surface area (Å²) in [5.41, 5.74) is 0.647. The highest BCUT2D eigenvalue weighted by Gasteiger charge is 2.14. The number of carbonyl (C=O) groups is 1. The number of benzene rings is 1. The number of aliphatic hydroxyl groups is 1. The van der Waals surface area contributed by atoms with Crippen molar-refractivity contribution in [2.45, 2.75) is 26.3 Å². The van der Waals surface area contributed by atoms with Crippen LogP contribution >= 0.6 is 0 Å². The zero-order chi connectivity index (χ0) is 14.3. The Balaban J connectivity index is 2.76. The van der Waals surface area contributed by atoms with Gasteiger partial charge in [-0.15, -0.1) is 0 Å². The van der Waals surface area contributed by atoms with Gasteiger partial charge in [0.1, 0.15) is 5.82 Å². The first-order valence-corrected chi connectivity index (χ1v) is 6.19. The lowest BCUT2D eigenvalue weighted by atomic mass is 10.1. The maximum Gasteiger partial charge on any atom is 0.222 e. The number of amides is 1. The number of nitriles is 1. The topological polar surface area (TPSA) is 64.3 Å². The third-order valence-electron chi connectivity index (χ3n) is 2.83. The van der Waals surface area contributed by atoms with Gasteiger partial charge in [0.25, 0.3) is 0 Å². The minimum atomic E-state index is -0.479. The lowest BCUT2D eigenvalue weighted by molar-refractivity contribution is -0.131. The zero-order valence-electron chi connectivity index (χ0n) is 10.9. The minimum absolute atomic E-state index is 0.0332. The Bertz CT molecular complexity index is 483. The van der Waals surface area contributed by atoms with E-state index >= 15 is 0 Å². The van der Waals surface area contributed by atoms with Crippen LogP contribution in [0.1, 0.15) is 30.9 Å². The summed E-state index contributed by atoms with van der Waals surface area (Å²) in [5, 5.41) is 17.4. The average molecular weight is 264 g/mol. The summed E-state index contributed by atoms with van der Waals surface area (Å²) in [4.78, 5) is 13.3. The van der Waals surface area contributed by atoms with Crippen molar-refractivity contribution in [3.8, 4) is 6.07 Å². The molecule has 0 saturated carbocycles. The molecule has 102 valence electrons. The Morgan fingerprint density at radius 1 is 1.53 bits per heavy atom. The van der Waals surface area contributed by atoms with Crippen LogP contribution in [0, 0.1) is 17.1 Å². The molecule has 0 aliphatic carbocycles. The molecule has 19 heavy (non-hydrogen) atoms. The van der Waals surface area contributed by atoms with Crippen molar-refractivity contribution in [1.82, 2.24) is 4.90 Å². The second kappa shape index (κ2) is 7.49. The Hall–Kier alpha value is -1.93. The van der Waals surface area contributed by atoms with Gasteiger partial charge in [-0.1, -0.05) is 6.07 Å². The molecule has 0 spiro atoms. The Kier molecular flexibility index (Phi) is 5.97. The van der Waals surface area contributed by atoms with Crippen molar-refractivity contribution in [3.05, 3.63) is 35.1 Å². The SMILES string of the molecule is CCN(Cc1ccc(C#N)cc1F)C(=O)CCCO. The van der Waals surface area contributed by atoms with E-state index in [2.05, 4.69) is 0 Å². The molecule has 0 saturated heterocycles. The number of hydrogen-bond acceptors (Lipinski definition) is 3. The van der Waals surface area contributed by atoms with Gasteiger partial charge in [0.2, 0.25) is 5.91 Å². The molecule has 0 fully saturated rings. The largest absolute Gasteiger partial charge is 0.396 e.